The first-order chi connectivity index (χ1) is 9.16. The zero-order chi connectivity index (χ0) is 13.4. The summed E-state index contributed by atoms with van der Waals surface area (Å²) >= 11 is 0. The molecule has 1 aromatic carbocycles. The van der Waals surface area contributed by atoms with E-state index in [4.69, 9.17) is 5.73 Å². The van der Waals surface area contributed by atoms with Gasteiger partial charge in [-0.1, -0.05) is 18.6 Å². The summed E-state index contributed by atoms with van der Waals surface area (Å²) in [6.45, 7) is 4.39. The quantitative estimate of drug-likeness (QED) is 0.889. The minimum atomic E-state index is 0.462. The van der Waals surface area contributed by atoms with Gasteiger partial charge in [0.15, 0.2) is 0 Å². The molecule has 1 aliphatic carbocycles. The van der Waals surface area contributed by atoms with Gasteiger partial charge in [0.2, 0.25) is 0 Å². The van der Waals surface area contributed by atoms with Crippen LogP contribution in [0.15, 0.2) is 24.5 Å². The molecule has 1 aliphatic rings. The van der Waals surface area contributed by atoms with Gasteiger partial charge in [0.25, 0.3) is 0 Å². The van der Waals surface area contributed by atoms with Gasteiger partial charge in [0, 0.05) is 5.56 Å². The molecular formula is C16H19N3. The van der Waals surface area contributed by atoms with Crippen LogP contribution in [0.4, 0.5) is 5.82 Å². The van der Waals surface area contributed by atoms with Gasteiger partial charge in [-0.05, 0) is 49.3 Å². The third-order valence-corrected chi connectivity index (χ3v) is 4.32. The molecule has 3 heteroatoms. The predicted molar refractivity (Wildman–Crippen MR) is 77.9 cm³/mol. The second kappa shape index (κ2) is 4.65. The van der Waals surface area contributed by atoms with Gasteiger partial charge in [-0.25, -0.2) is 4.98 Å². The van der Waals surface area contributed by atoms with Crippen molar-refractivity contribution < 1.29 is 0 Å². The molecule has 19 heavy (non-hydrogen) atoms. The Labute approximate surface area is 113 Å². The molecule has 2 N–H and O–H groups in total. The molecule has 1 aromatic heterocycles. The highest BCUT2D eigenvalue weighted by atomic mass is 14.9. The van der Waals surface area contributed by atoms with E-state index < -0.39 is 0 Å². The highest BCUT2D eigenvalue weighted by molar-refractivity contribution is 5.66. The van der Waals surface area contributed by atoms with Crippen molar-refractivity contribution in [3.8, 4) is 11.3 Å². The van der Waals surface area contributed by atoms with Crippen molar-refractivity contribution >= 4 is 5.82 Å². The average molecular weight is 253 g/mol. The largest absolute Gasteiger partial charge is 0.382 e. The van der Waals surface area contributed by atoms with E-state index in [1.807, 2.05) is 0 Å². The molecule has 98 valence electrons. The van der Waals surface area contributed by atoms with E-state index in [0.717, 1.165) is 17.2 Å². The van der Waals surface area contributed by atoms with E-state index >= 15 is 0 Å². The number of aromatic nitrogens is 2. The van der Waals surface area contributed by atoms with Crippen LogP contribution >= 0.6 is 0 Å². The summed E-state index contributed by atoms with van der Waals surface area (Å²) < 4.78 is 0. The highest BCUT2D eigenvalue weighted by Gasteiger charge is 2.22. The highest BCUT2D eigenvalue weighted by Crippen LogP contribution is 2.40. The molecule has 0 radical (unpaired) electrons. The summed E-state index contributed by atoms with van der Waals surface area (Å²) in [5, 5.41) is 0. The van der Waals surface area contributed by atoms with Crippen molar-refractivity contribution in [2.24, 2.45) is 0 Å². The topological polar surface area (TPSA) is 51.8 Å². The monoisotopic (exact) mass is 253 g/mol. The van der Waals surface area contributed by atoms with Crippen LogP contribution in [0.25, 0.3) is 11.3 Å². The minimum Gasteiger partial charge on any atom is -0.382 e. The van der Waals surface area contributed by atoms with Crippen molar-refractivity contribution in [2.45, 2.75) is 39.0 Å². The van der Waals surface area contributed by atoms with E-state index in [1.165, 1.54) is 36.0 Å². The Balaban J connectivity index is 2.03. The zero-order valence-electron chi connectivity index (χ0n) is 11.5. The van der Waals surface area contributed by atoms with E-state index in [0.29, 0.717) is 5.82 Å². The maximum Gasteiger partial charge on any atom is 0.141 e. The minimum absolute atomic E-state index is 0.462. The lowest BCUT2D eigenvalue weighted by Crippen LogP contribution is -2.11. The Morgan fingerprint density at radius 1 is 1.05 bits per heavy atom. The summed E-state index contributed by atoms with van der Waals surface area (Å²) in [7, 11) is 0. The first-order valence-corrected chi connectivity index (χ1v) is 6.85. The van der Waals surface area contributed by atoms with Gasteiger partial charge in [-0.3, -0.25) is 4.98 Å². The molecule has 1 heterocycles. The second-order valence-electron chi connectivity index (χ2n) is 5.41. The molecule has 3 rings (SSSR count). The number of nitrogen functional groups attached to an aromatic ring is 1. The van der Waals surface area contributed by atoms with Crippen LogP contribution < -0.4 is 5.73 Å². The van der Waals surface area contributed by atoms with Gasteiger partial charge in [-0.15, -0.1) is 0 Å². The number of rotatable bonds is 2. The Hall–Kier alpha value is -1.90. The fraction of sp³-hybridized carbons (Fsp3) is 0.375. The van der Waals surface area contributed by atoms with Crippen LogP contribution in [0.5, 0.6) is 0 Å². The Kier molecular flexibility index (Phi) is 2.97. The molecule has 3 nitrogen and oxygen atoms in total. The maximum atomic E-state index is 5.59. The fourth-order valence-electron chi connectivity index (χ4n) is 2.76. The normalized spacial score (nSPS) is 15.3. The number of benzene rings is 1. The van der Waals surface area contributed by atoms with Gasteiger partial charge in [0.05, 0.1) is 18.1 Å². The Morgan fingerprint density at radius 2 is 1.84 bits per heavy atom. The maximum absolute atomic E-state index is 5.59. The molecule has 2 aromatic rings. The van der Waals surface area contributed by atoms with Crippen molar-refractivity contribution in [1.82, 2.24) is 9.97 Å². The van der Waals surface area contributed by atoms with Crippen molar-refractivity contribution in [3.05, 3.63) is 41.2 Å². The second-order valence-corrected chi connectivity index (χ2v) is 5.41. The molecular weight excluding hydrogens is 234 g/mol. The van der Waals surface area contributed by atoms with E-state index in [-0.39, 0.29) is 0 Å². The van der Waals surface area contributed by atoms with Gasteiger partial charge < -0.3 is 5.73 Å². The Bertz CT molecular complexity index is 598. The van der Waals surface area contributed by atoms with E-state index in [9.17, 15) is 0 Å². The SMILES string of the molecule is Cc1c(-c2cnc(N)cn2)ccc(C2CCC2)c1C. The first kappa shape index (κ1) is 12.2. The predicted octanol–water partition coefficient (Wildman–Crippen LogP) is 3.61. The van der Waals surface area contributed by atoms with Crippen LogP contribution in [0.2, 0.25) is 0 Å². The fourth-order valence-corrected chi connectivity index (χ4v) is 2.76. The number of nitrogens with two attached hydrogens (primary N) is 1. The lowest BCUT2D eigenvalue weighted by atomic mass is 9.77. The molecule has 0 saturated heterocycles. The van der Waals surface area contributed by atoms with Gasteiger partial charge in [0.1, 0.15) is 5.82 Å². The standard InChI is InChI=1S/C16H19N3/c1-10-11(2)14(15-8-19-16(17)9-18-15)7-6-13(10)12-4-3-5-12/h6-9,12H,3-5H2,1-2H3,(H2,17,19). The van der Waals surface area contributed by atoms with Crippen LogP contribution in [0.1, 0.15) is 41.9 Å². The zero-order valence-corrected chi connectivity index (χ0v) is 11.5. The summed E-state index contributed by atoms with van der Waals surface area (Å²) in [4.78, 5) is 8.50. The summed E-state index contributed by atoms with van der Waals surface area (Å²) in [6.07, 6.45) is 7.40. The van der Waals surface area contributed by atoms with Crippen LogP contribution in [-0.4, -0.2) is 9.97 Å². The third kappa shape index (κ3) is 2.09. The summed E-state index contributed by atoms with van der Waals surface area (Å²) in [5.74, 6) is 1.23. The molecule has 1 fully saturated rings. The van der Waals surface area contributed by atoms with Gasteiger partial charge in [-0.2, -0.15) is 0 Å². The van der Waals surface area contributed by atoms with Crippen LogP contribution in [-0.2, 0) is 0 Å². The number of nitrogens with zero attached hydrogens (tertiary/aromatic N) is 2. The first-order valence-electron chi connectivity index (χ1n) is 6.85. The number of anilines is 1. The lowest BCUT2D eigenvalue weighted by Gasteiger charge is -2.28. The molecule has 0 atom stereocenters. The number of hydrogen-bond acceptors (Lipinski definition) is 3. The Morgan fingerprint density at radius 3 is 2.42 bits per heavy atom. The van der Waals surface area contributed by atoms with Crippen LogP contribution in [0.3, 0.4) is 0 Å². The molecule has 0 amide bonds. The summed E-state index contributed by atoms with van der Waals surface area (Å²) in [5.41, 5.74) is 11.9. The lowest BCUT2D eigenvalue weighted by molar-refractivity contribution is 0.418. The third-order valence-electron chi connectivity index (χ3n) is 4.32. The van der Waals surface area contributed by atoms with E-state index in [2.05, 4.69) is 35.9 Å². The molecule has 1 saturated carbocycles. The molecule has 0 unspecified atom stereocenters. The molecule has 0 aliphatic heterocycles. The van der Waals surface area contributed by atoms with Crippen molar-refractivity contribution in [3.63, 3.8) is 0 Å². The smallest absolute Gasteiger partial charge is 0.141 e. The number of hydrogen-bond donors (Lipinski definition) is 1. The van der Waals surface area contributed by atoms with E-state index in [1.54, 1.807) is 12.4 Å². The summed E-state index contributed by atoms with van der Waals surface area (Å²) in [6, 6.07) is 4.44. The van der Waals surface area contributed by atoms with Crippen molar-refractivity contribution in [1.29, 1.82) is 0 Å². The average Bonchev–Trinajstić information content (AvgIpc) is 2.35. The van der Waals surface area contributed by atoms with Crippen LogP contribution in [0, 0.1) is 13.8 Å². The van der Waals surface area contributed by atoms with Gasteiger partial charge >= 0.3 is 0 Å². The molecule has 0 spiro atoms. The molecule has 0 bridgehead atoms. The van der Waals surface area contributed by atoms with Crippen molar-refractivity contribution in [2.75, 3.05) is 5.73 Å².